The van der Waals surface area contributed by atoms with E-state index in [9.17, 15) is 4.79 Å². The molecule has 2 aromatic rings. The summed E-state index contributed by atoms with van der Waals surface area (Å²) in [7, 11) is 0. The van der Waals surface area contributed by atoms with E-state index in [1.165, 1.54) is 0 Å². The number of rotatable bonds is 5. The molecule has 2 rings (SSSR count). The number of benzene rings is 1. The number of hydrogen-bond donors (Lipinski definition) is 1. The van der Waals surface area contributed by atoms with Gasteiger partial charge in [-0.3, -0.25) is 9.78 Å². The lowest BCUT2D eigenvalue weighted by Crippen LogP contribution is -2.23. The lowest BCUT2D eigenvalue weighted by molar-refractivity contribution is -0.119. The van der Waals surface area contributed by atoms with Crippen LogP contribution in [0.1, 0.15) is 36.4 Å². The first-order valence-electron chi connectivity index (χ1n) is 6.43. The van der Waals surface area contributed by atoms with Crippen LogP contribution >= 0.6 is 0 Å². The highest BCUT2D eigenvalue weighted by molar-refractivity contribution is 5.81. The Kier molecular flexibility index (Phi) is 4.29. The van der Waals surface area contributed by atoms with Gasteiger partial charge in [0.1, 0.15) is 0 Å². The molecule has 3 heteroatoms. The third-order valence-electron chi connectivity index (χ3n) is 3.33. The smallest absolute Gasteiger partial charge is 0.224 e. The molecule has 3 nitrogen and oxygen atoms in total. The fraction of sp³-hybridized carbons (Fsp3) is 0.250. The number of pyridine rings is 1. The summed E-state index contributed by atoms with van der Waals surface area (Å²) in [5.41, 5.74) is 7.50. The van der Waals surface area contributed by atoms with Crippen LogP contribution in [0.3, 0.4) is 0 Å². The number of nitrogens with zero attached hydrogens (tertiary/aromatic N) is 1. The standard InChI is InChI=1S/C16H18N2O/c1-12(15-9-5-6-10-18-15)11-14(16(17)19)13-7-3-2-4-8-13/h2-10,12,14H,11H2,1H3,(H2,17,19). The van der Waals surface area contributed by atoms with E-state index in [0.717, 1.165) is 11.3 Å². The quantitative estimate of drug-likeness (QED) is 0.892. The molecule has 0 bridgehead atoms. The Hall–Kier alpha value is -2.16. The van der Waals surface area contributed by atoms with E-state index in [1.54, 1.807) is 6.20 Å². The van der Waals surface area contributed by atoms with Crippen molar-refractivity contribution in [2.45, 2.75) is 25.2 Å². The van der Waals surface area contributed by atoms with Crippen LogP contribution < -0.4 is 5.73 Å². The zero-order valence-electron chi connectivity index (χ0n) is 11.0. The Labute approximate surface area is 113 Å². The highest BCUT2D eigenvalue weighted by Crippen LogP contribution is 2.28. The number of carbonyl (C=O) groups is 1. The van der Waals surface area contributed by atoms with Crippen molar-refractivity contribution in [2.75, 3.05) is 0 Å². The van der Waals surface area contributed by atoms with E-state index < -0.39 is 0 Å². The monoisotopic (exact) mass is 254 g/mol. The average Bonchev–Trinajstić information content (AvgIpc) is 2.46. The Bertz CT molecular complexity index is 525. The molecule has 1 heterocycles. The van der Waals surface area contributed by atoms with Crippen molar-refractivity contribution in [3.8, 4) is 0 Å². The first-order valence-corrected chi connectivity index (χ1v) is 6.43. The Morgan fingerprint density at radius 3 is 2.42 bits per heavy atom. The van der Waals surface area contributed by atoms with E-state index in [4.69, 9.17) is 5.73 Å². The van der Waals surface area contributed by atoms with Gasteiger partial charge in [-0.25, -0.2) is 0 Å². The van der Waals surface area contributed by atoms with Crippen LogP contribution in [-0.4, -0.2) is 10.9 Å². The highest BCUT2D eigenvalue weighted by atomic mass is 16.1. The third kappa shape index (κ3) is 3.41. The van der Waals surface area contributed by atoms with Gasteiger partial charge in [0, 0.05) is 11.9 Å². The van der Waals surface area contributed by atoms with Crippen molar-refractivity contribution in [3.63, 3.8) is 0 Å². The van der Waals surface area contributed by atoms with Crippen molar-refractivity contribution in [1.29, 1.82) is 0 Å². The zero-order chi connectivity index (χ0) is 13.7. The van der Waals surface area contributed by atoms with Crippen molar-refractivity contribution < 1.29 is 4.79 Å². The van der Waals surface area contributed by atoms with E-state index in [2.05, 4.69) is 11.9 Å². The Morgan fingerprint density at radius 1 is 1.16 bits per heavy atom. The molecule has 2 atom stereocenters. The Morgan fingerprint density at radius 2 is 1.84 bits per heavy atom. The maximum atomic E-state index is 11.7. The van der Waals surface area contributed by atoms with Gasteiger partial charge in [-0.15, -0.1) is 0 Å². The maximum absolute atomic E-state index is 11.7. The van der Waals surface area contributed by atoms with Gasteiger partial charge < -0.3 is 5.73 Å². The molecule has 2 unspecified atom stereocenters. The molecular weight excluding hydrogens is 236 g/mol. The van der Waals surface area contributed by atoms with Crippen LogP contribution in [0.4, 0.5) is 0 Å². The van der Waals surface area contributed by atoms with Gasteiger partial charge in [-0.1, -0.05) is 43.3 Å². The first-order chi connectivity index (χ1) is 9.18. The average molecular weight is 254 g/mol. The molecule has 0 saturated carbocycles. The number of amides is 1. The predicted octanol–water partition coefficient (Wildman–Crippen LogP) is 2.84. The molecule has 0 spiro atoms. The molecule has 0 radical (unpaired) electrons. The topological polar surface area (TPSA) is 56.0 Å². The number of nitrogens with two attached hydrogens (primary N) is 1. The predicted molar refractivity (Wildman–Crippen MR) is 75.6 cm³/mol. The number of carbonyl (C=O) groups excluding carboxylic acids is 1. The summed E-state index contributed by atoms with van der Waals surface area (Å²) in [6.07, 6.45) is 2.45. The highest BCUT2D eigenvalue weighted by Gasteiger charge is 2.21. The molecule has 19 heavy (non-hydrogen) atoms. The molecule has 0 aliphatic rings. The fourth-order valence-electron chi connectivity index (χ4n) is 2.24. The second-order valence-electron chi connectivity index (χ2n) is 4.76. The van der Waals surface area contributed by atoms with Crippen molar-refractivity contribution in [2.24, 2.45) is 5.73 Å². The van der Waals surface area contributed by atoms with Crippen molar-refractivity contribution in [1.82, 2.24) is 4.98 Å². The molecule has 1 aromatic heterocycles. The van der Waals surface area contributed by atoms with Crippen molar-refractivity contribution >= 4 is 5.91 Å². The van der Waals surface area contributed by atoms with Crippen molar-refractivity contribution in [3.05, 3.63) is 66.0 Å². The van der Waals surface area contributed by atoms with E-state index in [0.29, 0.717) is 6.42 Å². The fourth-order valence-corrected chi connectivity index (χ4v) is 2.24. The zero-order valence-corrected chi connectivity index (χ0v) is 11.0. The molecule has 2 N–H and O–H groups in total. The van der Waals surface area contributed by atoms with Gasteiger partial charge in [0.2, 0.25) is 5.91 Å². The summed E-state index contributed by atoms with van der Waals surface area (Å²) in [5, 5.41) is 0. The molecule has 1 aromatic carbocycles. The maximum Gasteiger partial charge on any atom is 0.224 e. The Balaban J connectivity index is 2.16. The van der Waals surface area contributed by atoms with E-state index in [-0.39, 0.29) is 17.7 Å². The molecule has 0 aliphatic heterocycles. The molecule has 0 fully saturated rings. The van der Waals surface area contributed by atoms with Crippen LogP contribution in [0.15, 0.2) is 54.7 Å². The summed E-state index contributed by atoms with van der Waals surface area (Å²) in [4.78, 5) is 16.0. The van der Waals surface area contributed by atoms with Crippen LogP contribution in [0, 0.1) is 0 Å². The SMILES string of the molecule is CC(CC(C(N)=O)c1ccccc1)c1ccccn1. The van der Waals surface area contributed by atoms with Crippen LogP contribution in [-0.2, 0) is 4.79 Å². The summed E-state index contributed by atoms with van der Waals surface area (Å²) in [6, 6.07) is 15.5. The summed E-state index contributed by atoms with van der Waals surface area (Å²) in [5.74, 6) is -0.355. The molecule has 98 valence electrons. The van der Waals surface area contributed by atoms with Gasteiger partial charge >= 0.3 is 0 Å². The van der Waals surface area contributed by atoms with E-state index >= 15 is 0 Å². The minimum absolute atomic E-state index is 0.193. The third-order valence-corrected chi connectivity index (χ3v) is 3.33. The van der Waals surface area contributed by atoms with Gasteiger partial charge in [0.05, 0.1) is 5.92 Å². The summed E-state index contributed by atoms with van der Waals surface area (Å²) >= 11 is 0. The minimum Gasteiger partial charge on any atom is -0.369 e. The number of primary amides is 1. The molecule has 1 amide bonds. The minimum atomic E-state index is -0.283. The van der Waals surface area contributed by atoms with Crippen LogP contribution in [0.2, 0.25) is 0 Å². The van der Waals surface area contributed by atoms with E-state index in [1.807, 2.05) is 48.5 Å². The second kappa shape index (κ2) is 6.14. The van der Waals surface area contributed by atoms with Crippen LogP contribution in [0.25, 0.3) is 0 Å². The normalized spacial score (nSPS) is 13.7. The molecule has 0 saturated heterocycles. The van der Waals surface area contributed by atoms with Gasteiger partial charge in [0.25, 0.3) is 0 Å². The van der Waals surface area contributed by atoms with Gasteiger partial charge in [0.15, 0.2) is 0 Å². The van der Waals surface area contributed by atoms with Gasteiger partial charge in [-0.2, -0.15) is 0 Å². The largest absolute Gasteiger partial charge is 0.369 e. The van der Waals surface area contributed by atoms with Crippen LogP contribution in [0.5, 0.6) is 0 Å². The number of aromatic nitrogens is 1. The van der Waals surface area contributed by atoms with Gasteiger partial charge in [-0.05, 0) is 30.0 Å². The summed E-state index contributed by atoms with van der Waals surface area (Å²) < 4.78 is 0. The molecular formula is C16H18N2O. The molecule has 0 aliphatic carbocycles. The lowest BCUT2D eigenvalue weighted by atomic mass is 9.87. The first kappa shape index (κ1) is 13.3. The summed E-state index contributed by atoms with van der Waals surface area (Å²) in [6.45, 7) is 2.07. The second-order valence-corrected chi connectivity index (χ2v) is 4.76. The lowest BCUT2D eigenvalue weighted by Gasteiger charge is -2.18. The number of hydrogen-bond acceptors (Lipinski definition) is 2.